The van der Waals surface area contributed by atoms with Gasteiger partial charge in [-0.25, -0.2) is 0 Å². The van der Waals surface area contributed by atoms with E-state index in [9.17, 15) is 0 Å². The van der Waals surface area contributed by atoms with Crippen LogP contribution in [0.2, 0.25) is 0 Å². The van der Waals surface area contributed by atoms with Crippen molar-refractivity contribution in [1.82, 2.24) is 10.6 Å². The molecule has 1 aromatic carbocycles. The molecule has 0 spiro atoms. The largest absolute Gasteiger partial charge is 0.387 e. The van der Waals surface area contributed by atoms with E-state index in [1.807, 2.05) is 43.6 Å². The molecule has 1 aromatic rings. The van der Waals surface area contributed by atoms with Gasteiger partial charge in [-0.1, -0.05) is 35.9 Å². The maximum atomic E-state index is 5.19. The second-order valence-electron chi connectivity index (χ2n) is 2.66. The lowest BCUT2D eigenvalue weighted by Crippen LogP contribution is -2.22. The number of benzene rings is 1. The summed E-state index contributed by atoms with van der Waals surface area (Å²) in [6, 6.07) is 9.96. The predicted molar refractivity (Wildman–Crippen MR) is 46.4 cm³/mol. The van der Waals surface area contributed by atoms with E-state index in [0.717, 1.165) is 11.3 Å². The summed E-state index contributed by atoms with van der Waals surface area (Å²) < 4.78 is 0. The minimum atomic E-state index is 0.845. The summed E-state index contributed by atoms with van der Waals surface area (Å²) in [4.78, 5) is 5.19. The molecule has 0 atom stereocenters. The number of rotatable bonds is 1. The molecule has 3 heteroatoms. The van der Waals surface area contributed by atoms with Crippen molar-refractivity contribution in [3.63, 3.8) is 0 Å². The van der Waals surface area contributed by atoms with Gasteiger partial charge in [0, 0.05) is 12.6 Å². The van der Waals surface area contributed by atoms with Crippen molar-refractivity contribution in [3.05, 3.63) is 42.1 Å². The molecular weight excluding hydrogens is 152 g/mol. The summed E-state index contributed by atoms with van der Waals surface area (Å²) in [5, 5.41) is 1.77. The Bertz CT molecular complexity index is 295. The number of nitrogens with one attached hydrogen (secondary N) is 1. The molecule has 0 saturated carbocycles. The minimum absolute atomic E-state index is 0.845. The van der Waals surface area contributed by atoms with Gasteiger partial charge in [0.15, 0.2) is 5.76 Å². The fraction of sp³-hybridized carbons (Fsp3) is 0.111. The first-order chi connectivity index (χ1) is 5.86. The van der Waals surface area contributed by atoms with Crippen molar-refractivity contribution in [1.29, 1.82) is 0 Å². The molecular formula is C9H10N2O. The van der Waals surface area contributed by atoms with Crippen molar-refractivity contribution in [2.24, 2.45) is 0 Å². The van der Waals surface area contributed by atoms with Gasteiger partial charge < -0.3 is 4.84 Å². The third-order valence-corrected chi connectivity index (χ3v) is 1.67. The first-order valence-electron chi connectivity index (χ1n) is 3.79. The van der Waals surface area contributed by atoms with Gasteiger partial charge in [0.2, 0.25) is 0 Å². The third kappa shape index (κ3) is 1.26. The smallest absolute Gasteiger partial charge is 0.174 e. The van der Waals surface area contributed by atoms with Gasteiger partial charge >= 0.3 is 0 Å². The van der Waals surface area contributed by atoms with Crippen LogP contribution < -0.4 is 5.59 Å². The Morgan fingerprint density at radius 2 is 2.00 bits per heavy atom. The zero-order valence-electron chi connectivity index (χ0n) is 6.82. The molecule has 1 aliphatic rings. The zero-order chi connectivity index (χ0) is 8.39. The van der Waals surface area contributed by atoms with Crippen LogP contribution in [0, 0.1) is 0 Å². The van der Waals surface area contributed by atoms with Crippen LogP contribution in [0.5, 0.6) is 0 Å². The highest BCUT2D eigenvalue weighted by Crippen LogP contribution is 2.17. The maximum absolute atomic E-state index is 5.19. The highest BCUT2D eigenvalue weighted by molar-refractivity contribution is 5.59. The summed E-state index contributed by atoms with van der Waals surface area (Å²) >= 11 is 0. The van der Waals surface area contributed by atoms with Crippen molar-refractivity contribution >= 4 is 5.76 Å². The second kappa shape index (κ2) is 2.87. The van der Waals surface area contributed by atoms with Crippen molar-refractivity contribution in [2.45, 2.75) is 0 Å². The average Bonchev–Trinajstić information content (AvgIpc) is 2.54. The highest BCUT2D eigenvalue weighted by atomic mass is 16.7. The van der Waals surface area contributed by atoms with Crippen molar-refractivity contribution in [3.8, 4) is 0 Å². The summed E-state index contributed by atoms with van der Waals surface area (Å²) in [5.74, 6) is 0.845. The first kappa shape index (κ1) is 7.18. The lowest BCUT2D eigenvalue weighted by Gasteiger charge is -2.03. The van der Waals surface area contributed by atoms with E-state index in [1.54, 1.807) is 5.01 Å². The Balaban J connectivity index is 2.27. The fourth-order valence-electron chi connectivity index (χ4n) is 1.09. The number of hydrogen-bond acceptors (Lipinski definition) is 3. The lowest BCUT2D eigenvalue weighted by molar-refractivity contribution is 0.0649. The number of hydrogen-bond donors (Lipinski definition) is 1. The summed E-state index contributed by atoms with van der Waals surface area (Å²) in [6.07, 6.45) is 1.90. The molecule has 12 heavy (non-hydrogen) atoms. The summed E-state index contributed by atoms with van der Waals surface area (Å²) in [5.41, 5.74) is 3.79. The zero-order valence-corrected chi connectivity index (χ0v) is 6.82. The molecule has 0 unspecified atom stereocenters. The van der Waals surface area contributed by atoms with Gasteiger partial charge in [0.25, 0.3) is 0 Å². The van der Waals surface area contributed by atoms with E-state index in [1.165, 1.54) is 0 Å². The Labute approximate surface area is 71.2 Å². The van der Waals surface area contributed by atoms with Gasteiger partial charge in [-0.15, -0.1) is 0 Å². The normalized spacial score (nSPS) is 15.8. The highest BCUT2D eigenvalue weighted by Gasteiger charge is 2.10. The molecule has 0 radical (unpaired) electrons. The lowest BCUT2D eigenvalue weighted by atomic mass is 10.2. The molecule has 1 aliphatic heterocycles. The standard InChI is InChI=1S/C9H10N2O/c1-11-7-9(12-10-11)8-5-3-2-4-6-8/h2-7,10H,1H3. The Morgan fingerprint density at radius 3 is 2.58 bits per heavy atom. The van der Waals surface area contributed by atoms with Gasteiger partial charge in [-0.2, -0.15) is 0 Å². The van der Waals surface area contributed by atoms with E-state index in [0.29, 0.717) is 0 Å². The van der Waals surface area contributed by atoms with E-state index in [-0.39, 0.29) is 0 Å². The van der Waals surface area contributed by atoms with Crippen molar-refractivity contribution in [2.75, 3.05) is 7.05 Å². The fourth-order valence-corrected chi connectivity index (χ4v) is 1.09. The van der Waals surface area contributed by atoms with Crippen LogP contribution in [0.4, 0.5) is 0 Å². The van der Waals surface area contributed by atoms with Crippen LogP contribution in [0.3, 0.4) is 0 Å². The Morgan fingerprint density at radius 1 is 1.25 bits per heavy atom. The molecule has 0 amide bonds. The van der Waals surface area contributed by atoms with Crippen LogP contribution in [0.1, 0.15) is 5.56 Å². The van der Waals surface area contributed by atoms with Gasteiger partial charge in [-0.3, -0.25) is 5.01 Å². The Hall–Kier alpha value is -1.48. The third-order valence-electron chi connectivity index (χ3n) is 1.67. The van der Waals surface area contributed by atoms with Crippen LogP contribution >= 0.6 is 0 Å². The molecule has 0 saturated heterocycles. The van der Waals surface area contributed by atoms with Gasteiger partial charge in [0.1, 0.15) is 0 Å². The van der Waals surface area contributed by atoms with Crippen LogP contribution in [0.25, 0.3) is 5.76 Å². The van der Waals surface area contributed by atoms with Crippen LogP contribution in [0.15, 0.2) is 36.5 Å². The van der Waals surface area contributed by atoms with E-state index < -0.39 is 0 Å². The van der Waals surface area contributed by atoms with Crippen LogP contribution in [-0.4, -0.2) is 12.1 Å². The van der Waals surface area contributed by atoms with Gasteiger partial charge in [-0.05, 0) is 0 Å². The average molecular weight is 162 g/mol. The van der Waals surface area contributed by atoms with Crippen LogP contribution in [-0.2, 0) is 4.84 Å². The minimum Gasteiger partial charge on any atom is -0.387 e. The monoisotopic (exact) mass is 162 g/mol. The molecule has 62 valence electrons. The maximum Gasteiger partial charge on any atom is 0.174 e. The molecule has 0 aromatic heterocycles. The number of nitrogens with zero attached hydrogens (tertiary/aromatic N) is 1. The number of hydrazine groups is 1. The summed E-state index contributed by atoms with van der Waals surface area (Å²) in [6.45, 7) is 0. The van der Waals surface area contributed by atoms with E-state index in [4.69, 9.17) is 4.84 Å². The molecule has 0 fully saturated rings. The predicted octanol–water partition coefficient (Wildman–Crippen LogP) is 1.37. The molecule has 2 rings (SSSR count). The quantitative estimate of drug-likeness (QED) is 0.675. The van der Waals surface area contributed by atoms with E-state index in [2.05, 4.69) is 5.59 Å². The SMILES string of the molecule is CN1C=C(c2ccccc2)ON1. The Kier molecular flexibility index (Phi) is 1.72. The molecule has 3 nitrogen and oxygen atoms in total. The molecule has 0 bridgehead atoms. The first-order valence-corrected chi connectivity index (χ1v) is 3.79. The molecule has 0 aliphatic carbocycles. The van der Waals surface area contributed by atoms with E-state index >= 15 is 0 Å². The molecule has 1 heterocycles. The molecule has 1 N–H and O–H groups in total. The van der Waals surface area contributed by atoms with Gasteiger partial charge in [0.05, 0.1) is 6.20 Å². The summed E-state index contributed by atoms with van der Waals surface area (Å²) in [7, 11) is 1.88. The van der Waals surface area contributed by atoms with Crippen molar-refractivity contribution < 1.29 is 4.84 Å². The topological polar surface area (TPSA) is 24.5 Å². The second-order valence-corrected chi connectivity index (χ2v) is 2.66.